The smallest absolute Gasteiger partial charge is 0.335 e. The molecule has 0 radical (unpaired) electrons. The van der Waals surface area contributed by atoms with Crippen LogP contribution in [0.15, 0.2) is 30.4 Å². The molecule has 0 saturated heterocycles. The summed E-state index contributed by atoms with van der Waals surface area (Å²) in [6.07, 6.45) is 9.94. The zero-order chi connectivity index (χ0) is 21.9. The molecule has 0 aliphatic heterocycles. The molecule has 1 aliphatic carbocycles. The van der Waals surface area contributed by atoms with Gasteiger partial charge in [-0.1, -0.05) is 51.3 Å². The molecule has 2 rings (SSSR count). The predicted molar refractivity (Wildman–Crippen MR) is 117 cm³/mol. The third kappa shape index (κ3) is 7.21. The minimum atomic E-state index is -0.675. The summed E-state index contributed by atoms with van der Waals surface area (Å²) in [6.45, 7) is 5.44. The molecule has 0 spiro atoms. The van der Waals surface area contributed by atoms with Crippen molar-refractivity contribution in [1.82, 2.24) is 0 Å². The van der Waals surface area contributed by atoms with E-state index < -0.39 is 18.5 Å². The van der Waals surface area contributed by atoms with E-state index in [1.165, 1.54) is 45.6 Å². The predicted octanol–water partition coefficient (Wildman–Crippen LogP) is 5.50. The molecular formula is C25H37FO4. The quantitative estimate of drug-likeness (QED) is 0.275. The van der Waals surface area contributed by atoms with Crippen molar-refractivity contribution in [3.05, 3.63) is 47.3 Å². The topological polar surface area (TPSA) is 55.8 Å². The lowest BCUT2D eigenvalue weighted by Crippen LogP contribution is -2.20. The fourth-order valence-electron chi connectivity index (χ4n) is 4.37. The molecule has 168 valence electrons. The van der Waals surface area contributed by atoms with Gasteiger partial charge < -0.3 is 14.6 Å². The van der Waals surface area contributed by atoms with Gasteiger partial charge in [-0.05, 0) is 54.7 Å². The number of benzene rings is 1. The lowest BCUT2D eigenvalue weighted by Gasteiger charge is -2.29. The summed E-state index contributed by atoms with van der Waals surface area (Å²) < 4.78 is 25.3. The van der Waals surface area contributed by atoms with Gasteiger partial charge in [-0.2, -0.15) is 0 Å². The highest BCUT2D eigenvalue weighted by Gasteiger charge is 2.24. The first-order valence-corrected chi connectivity index (χ1v) is 11.2. The molecule has 1 saturated carbocycles. The molecular weight excluding hydrogens is 383 g/mol. The van der Waals surface area contributed by atoms with Gasteiger partial charge in [-0.25, -0.2) is 9.18 Å². The lowest BCUT2D eigenvalue weighted by atomic mass is 9.76. The Morgan fingerprint density at radius 3 is 2.57 bits per heavy atom. The summed E-state index contributed by atoms with van der Waals surface area (Å²) in [5, 5.41) is 8.97. The van der Waals surface area contributed by atoms with Crippen LogP contribution in [0.3, 0.4) is 0 Å². The summed E-state index contributed by atoms with van der Waals surface area (Å²) in [4.78, 5) is 11.8. The number of carbonyl (C=O) groups is 1. The maximum absolute atomic E-state index is 15.0. The minimum Gasteiger partial charge on any atom is -0.462 e. The molecule has 0 amide bonds. The van der Waals surface area contributed by atoms with E-state index in [-0.39, 0.29) is 24.6 Å². The van der Waals surface area contributed by atoms with E-state index >= 15 is 0 Å². The number of halogens is 1. The average molecular weight is 421 g/mol. The van der Waals surface area contributed by atoms with Gasteiger partial charge in [0.1, 0.15) is 12.4 Å². The second kappa shape index (κ2) is 12.9. The number of ether oxygens (including phenoxy) is 2. The van der Waals surface area contributed by atoms with Crippen LogP contribution >= 0.6 is 0 Å². The Morgan fingerprint density at radius 1 is 1.23 bits per heavy atom. The number of unbranched alkanes of at least 4 members (excludes halogenated alkanes) is 2. The summed E-state index contributed by atoms with van der Waals surface area (Å²) in [5.74, 6) is -0.120. The van der Waals surface area contributed by atoms with E-state index in [0.717, 1.165) is 24.3 Å². The molecule has 1 aromatic carbocycles. The molecule has 1 atom stereocenters. The number of hydrogen-bond donors (Lipinski definition) is 1. The second-order valence-corrected chi connectivity index (χ2v) is 8.51. The minimum absolute atomic E-state index is 0.0210. The first kappa shape index (κ1) is 24.5. The van der Waals surface area contributed by atoms with Crippen molar-refractivity contribution in [2.45, 2.75) is 70.1 Å². The monoisotopic (exact) mass is 420 g/mol. The van der Waals surface area contributed by atoms with Crippen molar-refractivity contribution in [3.8, 4) is 0 Å². The molecule has 4 nitrogen and oxygen atoms in total. The molecule has 30 heavy (non-hydrogen) atoms. The van der Waals surface area contributed by atoms with Gasteiger partial charge in [-0.3, -0.25) is 0 Å². The fraction of sp³-hybridized carbons (Fsp3) is 0.640. The van der Waals surface area contributed by atoms with Crippen molar-refractivity contribution < 1.29 is 23.8 Å². The van der Waals surface area contributed by atoms with E-state index in [9.17, 15) is 9.18 Å². The number of rotatable bonds is 12. The molecule has 1 N–H and O–H groups in total. The first-order chi connectivity index (χ1) is 14.5. The normalized spacial score (nSPS) is 20.0. The number of aliphatic hydroxyl groups is 1. The van der Waals surface area contributed by atoms with Crippen LogP contribution in [-0.2, 0) is 14.3 Å². The van der Waals surface area contributed by atoms with E-state index in [1.807, 2.05) is 6.07 Å². The molecule has 1 unspecified atom stereocenters. The maximum atomic E-state index is 15.0. The van der Waals surface area contributed by atoms with Crippen molar-refractivity contribution in [1.29, 1.82) is 0 Å². The van der Waals surface area contributed by atoms with Crippen molar-refractivity contribution in [3.63, 3.8) is 0 Å². The highest BCUT2D eigenvalue weighted by molar-refractivity contribution is 5.87. The number of aliphatic hydroxyl groups excluding tert-OH is 1. The molecule has 1 aromatic rings. The van der Waals surface area contributed by atoms with Crippen molar-refractivity contribution >= 4 is 5.97 Å². The highest BCUT2D eigenvalue weighted by atomic mass is 19.1. The van der Waals surface area contributed by atoms with Crippen LogP contribution in [0.4, 0.5) is 4.39 Å². The van der Waals surface area contributed by atoms with Crippen LogP contribution in [-0.4, -0.2) is 38.0 Å². The second-order valence-electron chi connectivity index (χ2n) is 8.51. The zero-order valence-electron chi connectivity index (χ0n) is 18.5. The summed E-state index contributed by atoms with van der Waals surface area (Å²) >= 11 is 0. The van der Waals surface area contributed by atoms with E-state index in [2.05, 4.69) is 13.5 Å². The number of carbonyl (C=O) groups excluding carboxylic acids is 1. The van der Waals surface area contributed by atoms with Gasteiger partial charge in [-0.15, -0.1) is 0 Å². The number of hydrogen-bond acceptors (Lipinski definition) is 4. The third-order valence-corrected chi connectivity index (χ3v) is 6.26. The molecule has 5 heteroatoms. The third-order valence-electron chi connectivity index (χ3n) is 6.26. The van der Waals surface area contributed by atoms with E-state index in [1.54, 1.807) is 12.1 Å². The van der Waals surface area contributed by atoms with Crippen LogP contribution in [0.25, 0.3) is 0 Å². The number of methoxy groups -OCH3 is 1. The van der Waals surface area contributed by atoms with Crippen LogP contribution in [0, 0.1) is 11.7 Å². The van der Waals surface area contributed by atoms with Crippen LogP contribution in [0.2, 0.25) is 0 Å². The summed E-state index contributed by atoms with van der Waals surface area (Å²) in [7, 11) is 1.53. The molecule has 0 bridgehead atoms. The SMILES string of the molecule is C=C(CO)C(=O)OCC(COC)c1ccc(C2CCC(CCCCC)CC2)cc1F. The van der Waals surface area contributed by atoms with Gasteiger partial charge in [0.15, 0.2) is 0 Å². The summed E-state index contributed by atoms with van der Waals surface area (Å²) in [5.41, 5.74) is 1.52. The Bertz CT molecular complexity index is 680. The Morgan fingerprint density at radius 2 is 1.97 bits per heavy atom. The maximum Gasteiger partial charge on any atom is 0.335 e. The largest absolute Gasteiger partial charge is 0.462 e. The number of esters is 1. The average Bonchev–Trinajstić information content (AvgIpc) is 2.76. The summed E-state index contributed by atoms with van der Waals surface area (Å²) in [6, 6.07) is 5.46. The van der Waals surface area contributed by atoms with Gasteiger partial charge in [0, 0.05) is 13.0 Å². The van der Waals surface area contributed by atoms with Crippen LogP contribution < -0.4 is 0 Å². The Hall–Kier alpha value is -1.72. The molecule has 1 aliphatic rings. The van der Waals surface area contributed by atoms with Gasteiger partial charge >= 0.3 is 5.97 Å². The van der Waals surface area contributed by atoms with Gasteiger partial charge in [0.05, 0.1) is 18.8 Å². The van der Waals surface area contributed by atoms with Gasteiger partial charge in [0.2, 0.25) is 0 Å². The molecule has 0 aromatic heterocycles. The van der Waals surface area contributed by atoms with Crippen molar-refractivity contribution in [2.24, 2.45) is 5.92 Å². The Balaban J connectivity index is 1.97. The molecule has 1 fully saturated rings. The standard InChI is InChI=1S/C25H37FO4/c1-4-5-6-7-19-8-10-20(11-9-19)21-12-13-23(24(26)14-21)22(16-29-3)17-30-25(28)18(2)15-27/h12-14,19-20,22,27H,2,4-11,15-17H2,1,3H3. The van der Waals surface area contributed by atoms with Crippen LogP contribution in [0.5, 0.6) is 0 Å². The lowest BCUT2D eigenvalue weighted by molar-refractivity contribution is -0.140. The van der Waals surface area contributed by atoms with Crippen molar-refractivity contribution in [2.75, 3.05) is 26.9 Å². The highest BCUT2D eigenvalue weighted by Crippen LogP contribution is 2.38. The zero-order valence-corrected chi connectivity index (χ0v) is 18.5. The van der Waals surface area contributed by atoms with E-state index in [4.69, 9.17) is 14.6 Å². The fourth-order valence-corrected chi connectivity index (χ4v) is 4.37. The Labute approximate surface area is 180 Å². The van der Waals surface area contributed by atoms with E-state index in [0.29, 0.717) is 11.5 Å². The Kier molecular flexibility index (Phi) is 10.5. The van der Waals surface area contributed by atoms with Crippen LogP contribution in [0.1, 0.15) is 81.3 Å². The first-order valence-electron chi connectivity index (χ1n) is 11.2. The molecule has 0 heterocycles. The van der Waals surface area contributed by atoms with Gasteiger partial charge in [0.25, 0.3) is 0 Å².